The van der Waals surface area contributed by atoms with E-state index in [1.807, 2.05) is 0 Å². The highest BCUT2D eigenvalue weighted by atomic mass is 16.7. The number of hydrogen-bond donors (Lipinski definition) is 0. The first-order valence-electron chi connectivity index (χ1n) is 13.1. The highest BCUT2D eigenvalue weighted by Gasteiger charge is 2.42. The molecule has 0 aromatic heterocycles. The molecule has 0 spiro atoms. The van der Waals surface area contributed by atoms with Crippen LogP contribution in [0.5, 0.6) is 0 Å². The van der Waals surface area contributed by atoms with E-state index in [4.69, 9.17) is 14.2 Å². The number of carbonyl (C=O) groups excluding carboxylic acids is 3. The van der Waals surface area contributed by atoms with E-state index < -0.39 is 23.6 Å². The molecule has 1 saturated heterocycles. The maximum atomic E-state index is 12.2. The smallest absolute Gasteiger partial charge is 0.338 e. The fraction of sp³-hybridized carbons (Fsp3) is 0.643. The molecule has 1 aromatic rings. The molecule has 1 aliphatic heterocycles. The first-order chi connectivity index (χ1) is 16.8. The summed E-state index contributed by atoms with van der Waals surface area (Å²) in [5.41, 5.74) is 0.925. The number of carbonyl (C=O) groups is 3. The van der Waals surface area contributed by atoms with Gasteiger partial charge >= 0.3 is 17.9 Å². The van der Waals surface area contributed by atoms with Crippen LogP contribution in [0.1, 0.15) is 108 Å². The van der Waals surface area contributed by atoms with Crippen LogP contribution >= 0.6 is 0 Å². The molecule has 7 nitrogen and oxygen atoms in total. The minimum atomic E-state index is -1.27. The summed E-state index contributed by atoms with van der Waals surface area (Å²) in [6.07, 6.45) is 16.3. The Labute approximate surface area is 209 Å². The third kappa shape index (κ3) is 11.1. The summed E-state index contributed by atoms with van der Waals surface area (Å²) >= 11 is 0. The number of ether oxygens (including phenoxy) is 3. The summed E-state index contributed by atoms with van der Waals surface area (Å²) in [7, 11) is 0. The lowest BCUT2D eigenvalue weighted by atomic mass is 10.1. The van der Waals surface area contributed by atoms with Crippen LogP contribution in [0.25, 0.3) is 0 Å². The Hall–Kier alpha value is -2.70. The molecule has 1 aromatic carbocycles. The number of unbranched alkanes of at least 4 members (excludes halogenated alkanes) is 11. The van der Waals surface area contributed by atoms with E-state index in [2.05, 4.69) is 11.9 Å². The lowest BCUT2D eigenvalue weighted by Crippen LogP contribution is -2.46. The van der Waals surface area contributed by atoms with Crippen molar-refractivity contribution < 1.29 is 28.6 Å². The van der Waals surface area contributed by atoms with Crippen LogP contribution in [0.4, 0.5) is 5.69 Å². The molecule has 7 heteroatoms. The summed E-state index contributed by atoms with van der Waals surface area (Å²) in [6.45, 7) is 5.65. The maximum absolute atomic E-state index is 12.2. The van der Waals surface area contributed by atoms with Crippen molar-refractivity contribution in [2.45, 2.75) is 104 Å². The molecule has 0 aliphatic carbocycles. The Kier molecular flexibility index (Phi) is 12.5. The van der Waals surface area contributed by atoms with E-state index in [9.17, 15) is 14.4 Å². The van der Waals surface area contributed by atoms with Crippen LogP contribution in [-0.2, 0) is 23.8 Å². The van der Waals surface area contributed by atoms with Gasteiger partial charge in [-0.1, -0.05) is 77.6 Å². The number of esters is 3. The van der Waals surface area contributed by atoms with E-state index in [1.54, 1.807) is 24.3 Å². The van der Waals surface area contributed by atoms with Crippen LogP contribution < -0.4 is 0 Å². The average Bonchev–Trinajstić information content (AvgIpc) is 2.81. The summed E-state index contributed by atoms with van der Waals surface area (Å²) < 4.78 is 15.5. The molecular weight excluding hydrogens is 446 g/mol. The lowest BCUT2D eigenvalue weighted by molar-refractivity contribution is -0.235. The summed E-state index contributed by atoms with van der Waals surface area (Å²) in [4.78, 5) is 40.3. The molecule has 0 N–H and O–H groups in total. The number of nitrogens with zero attached hydrogens (tertiary/aromatic N) is 1. The highest BCUT2D eigenvalue weighted by Crippen LogP contribution is 2.23. The zero-order valence-corrected chi connectivity index (χ0v) is 21.6. The number of rotatable bonds is 16. The predicted octanol–water partition coefficient (Wildman–Crippen LogP) is 6.70. The van der Waals surface area contributed by atoms with Crippen molar-refractivity contribution in [2.75, 3.05) is 6.61 Å². The zero-order chi connectivity index (χ0) is 25.5. The van der Waals surface area contributed by atoms with Crippen molar-refractivity contribution in [3.05, 3.63) is 29.8 Å². The van der Waals surface area contributed by atoms with Crippen molar-refractivity contribution in [2.24, 2.45) is 10.9 Å². The Morgan fingerprint density at radius 2 is 1.34 bits per heavy atom. The quantitative estimate of drug-likeness (QED) is 0.111. The van der Waals surface area contributed by atoms with Gasteiger partial charge in [-0.15, -0.1) is 0 Å². The molecule has 0 atom stereocenters. The monoisotopic (exact) mass is 487 g/mol. The second-order valence-electron chi connectivity index (χ2n) is 9.57. The molecule has 1 heterocycles. The Balaban J connectivity index is 1.58. The van der Waals surface area contributed by atoms with Gasteiger partial charge in [0, 0.05) is 20.1 Å². The van der Waals surface area contributed by atoms with Crippen molar-refractivity contribution in [1.29, 1.82) is 0 Å². The summed E-state index contributed by atoms with van der Waals surface area (Å²) in [6, 6.07) is 6.47. The van der Waals surface area contributed by atoms with Gasteiger partial charge in [0.05, 0.1) is 17.9 Å². The largest absolute Gasteiger partial charge is 0.462 e. The molecule has 0 amide bonds. The van der Waals surface area contributed by atoms with Gasteiger partial charge in [0.25, 0.3) is 5.79 Å². The number of aliphatic imine (C=N–C) groups is 1. The van der Waals surface area contributed by atoms with Gasteiger partial charge in [-0.25, -0.2) is 4.79 Å². The molecule has 0 unspecified atom stereocenters. The molecule has 1 fully saturated rings. The van der Waals surface area contributed by atoms with Gasteiger partial charge in [-0.2, -0.15) is 0 Å². The fourth-order valence-electron chi connectivity index (χ4n) is 3.89. The van der Waals surface area contributed by atoms with Gasteiger partial charge in [0.1, 0.15) is 0 Å². The third-order valence-electron chi connectivity index (χ3n) is 5.91. The summed E-state index contributed by atoms with van der Waals surface area (Å²) in [5, 5.41) is 0. The van der Waals surface area contributed by atoms with Crippen LogP contribution in [0.2, 0.25) is 0 Å². The number of benzene rings is 1. The molecule has 35 heavy (non-hydrogen) atoms. The van der Waals surface area contributed by atoms with Crippen LogP contribution in [-0.4, -0.2) is 36.5 Å². The van der Waals surface area contributed by atoms with Gasteiger partial charge in [0.15, 0.2) is 5.92 Å². The average molecular weight is 488 g/mol. The van der Waals surface area contributed by atoms with Crippen LogP contribution in [0.15, 0.2) is 29.3 Å². The molecule has 2 rings (SSSR count). The first-order valence-corrected chi connectivity index (χ1v) is 13.1. The molecule has 194 valence electrons. The second-order valence-corrected chi connectivity index (χ2v) is 9.57. The molecule has 1 aliphatic rings. The zero-order valence-electron chi connectivity index (χ0n) is 21.6. The topological polar surface area (TPSA) is 91.3 Å². The van der Waals surface area contributed by atoms with Crippen LogP contribution in [0.3, 0.4) is 0 Å². The van der Waals surface area contributed by atoms with E-state index in [0.717, 1.165) is 12.8 Å². The predicted molar refractivity (Wildman–Crippen MR) is 136 cm³/mol. The maximum Gasteiger partial charge on any atom is 0.338 e. The van der Waals surface area contributed by atoms with Gasteiger partial charge < -0.3 is 14.2 Å². The number of hydrogen-bond acceptors (Lipinski definition) is 7. The van der Waals surface area contributed by atoms with E-state index >= 15 is 0 Å². The van der Waals surface area contributed by atoms with E-state index in [1.165, 1.54) is 84.3 Å². The van der Waals surface area contributed by atoms with Crippen LogP contribution in [0, 0.1) is 5.92 Å². The molecule has 0 radical (unpaired) electrons. The molecule has 0 bridgehead atoms. The third-order valence-corrected chi connectivity index (χ3v) is 5.91. The Morgan fingerprint density at radius 3 is 1.86 bits per heavy atom. The van der Waals surface area contributed by atoms with Gasteiger partial charge in [0.2, 0.25) is 0 Å². The minimum Gasteiger partial charge on any atom is -0.462 e. The highest BCUT2D eigenvalue weighted by molar-refractivity contribution is 6.10. The number of cyclic esters (lactones) is 2. The van der Waals surface area contributed by atoms with E-state index in [-0.39, 0.29) is 5.97 Å². The first kappa shape index (κ1) is 28.5. The molecule has 0 saturated carbocycles. The second kappa shape index (κ2) is 15.3. The Morgan fingerprint density at radius 1 is 0.857 bits per heavy atom. The van der Waals surface area contributed by atoms with E-state index in [0.29, 0.717) is 17.9 Å². The van der Waals surface area contributed by atoms with Gasteiger partial charge in [-0.05, 0) is 30.7 Å². The molecular formula is C28H41NO6. The van der Waals surface area contributed by atoms with Crippen molar-refractivity contribution in [1.82, 2.24) is 0 Å². The minimum absolute atomic E-state index is 0.370. The normalized spacial score (nSPS) is 15.7. The van der Waals surface area contributed by atoms with Gasteiger partial charge in [-0.3, -0.25) is 14.6 Å². The van der Waals surface area contributed by atoms with Crippen molar-refractivity contribution in [3.8, 4) is 0 Å². The lowest BCUT2D eigenvalue weighted by Gasteiger charge is -2.31. The van der Waals surface area contributed by atoms with Crippen molar-refractivity contribution >= 4 is 29.8 Å². The summed E-state index contributed by atoms with van der Waals surface area (Å²) in [5.74, 6) is -4.25. The fourth-order valence-corrected chi connectivity index (χ4v) is 3.89. The standard InChI is InChI=1S/C28H41NO6/c1-4-5-6-7-8-9-10-11-12-13-14-15-20-33-25(30)22-16-18-23(19-17-22)29-21-24-26(31)34-28(2,3)35-27(24)32/h16-19,21,24H,4-15,20H2,1-3H3. The SMILES string of the molecule is CCCCCCCCCCCCCCOC(=O)c1ccc(N=CC2C(=O)OC(C)(C)OC2=O)cc1. The Bertz CT molecular complexity index is 810. The van der Waals surface area contributed by atoms with Crippen molar-refractivity contribution in [3.63, 3.8) is 0 Å².